The lowest BCUT2D eigenvalue weighted by Crippen LogP contribution is -2.49. The number of nitrogens with one attached hydrogen (secondary N) is 2. The molecular weight excluding hydrogens is 542 g/mol. The number of anilines is 2. The number of amides is 2. The summed E-state index contributed by atoms with van der Waals surface area (Å²) in [6, 6.07) is 9.76. The molecule has 1 spiro atoms. The first-order valence-electron chi connectivity index (χ1n) is 14.0. The molecule has 6 rings (SSSR count). The highest BCUT2D eigenvalue weighted by molar-refractivity contribution is 7.21. The number of thiophene rings is 1. The molecule has 2 aromatic heterocycles. The minimum absolute atomic E-state index is 0.0863. The van der Waals surface area contributed by atoms with E-state index in [4.69, 9.17) is 19.9 Å². The quantitative estimate of drug-likeness (QED) is 0.423. The average molecular weight is 580 g/mol. The maximum absolute atomic E-state index is 13.1. The lowest BCUT2D eigenvalue weighted by molar-refractivity contribution is 0.0461. The molecular formula is C30H37N5O5S. The first-order valence-corrected chi connectivity index (χ1v) is 14.9. The molecule has 10 nitrogen and oxygen atoms in total. The van der Waals surface area contributed by atoms with Gasteiger partial charge >= 0.3 is 6.09 Å². The monoisotopic (exact) mass is 579 g/mol. The number of ether oxygens (including phenoxy) is 3. The van der Waals surface area contributed by atoms with Crippen LogP contribution in [-0.2, 0) is 15.9 Å². The molecule has 4 N–H and O–H groups in total. The van der Waals surface area contributed by atoms with Gasteiger partial charge in [-0.1, -0.05) is 6.07 Å². The number of carbonyl (C=O) groups excluding carboxylic acids is 2. The van der Waals surface area contributed by atoms with Crippen molar-refractivity contribution in [1.82, 2.24) is 15.6 Å². The van der Waals surface area contributed by atoms with Gasteiger partial charge in [-0.2, -0.15) is 0 Å². The van der Waals surface area contributed by atoms with E-state index in [1.165, 1.54) is 11.3 Å². The van der Waals surface area contributed by atoms with E-state index in [1.54, 1.807) is 0 Å². The van der Waals surface area contributed by atoms with Crippen molar-refractivity contribution in [2.45, 2.75) is 58.2 Å². The fourth-order valence-corrected chi connectivity index (χ4v) is 7.04. The van der Waals surface area contributed by atoms with E-state index in [1.807, 2.05) is 39.8 Å². The third-order valence-electron chi connectivity index (χ3n) is 8.07. The Hall–Kier alpha value is -3.57. The van der Waals surface area contributed by atoms with Crippen molar-refractivity contribution in [1.29, 1.82) is 0 Å². The first-order chi connectivity index (χ1) is 19.5. The molecule has 3 aromatic rings. The van der Waals surface area contributed by atoms with Crippen molar-refractivity contribution >= 4 is 44.9 Å². The number of fused-ring (bicyclic) bond motifs is 2. The highest BCUT2D eigenvalue weighted by atomic mass is 32.1. The van der Waals surface area contributed by atoms with Gasteiger partial charge < -0.3 is 35.5 Å². The SMILES string of the molecule is Cc1ccc2c(N)c(C(=O)N[C@H]3COc4cc(N5CC(NC(=O)OC(C)(C)C)C6(CCOC6)C5)ccc4C3)sc2n1. The number of carbonyl (C=O) groups is 2. The van der Waals surface area contributed by atoms with Gasteiger partial charge in [0.1, 0.15) is 27.7 Å². The molecule has 41 heavy (non-hydrogen) atoms. The summed E-state index contributed by atoms with van der Waals surface area (Å²) in [6.45, 7) is 10.6. The molecule has 1 aromatic carbocycles. The zero-order valence-corrected chi connectivity index (χ0v) is 24.7. The van der Waals surface area contributed by atoms with E-state index in [0.29, 0.717) is 43.4 Å². The van der Waals surface area contributed by atoms with E-state index in [-0.39, 0.29) is 23.4 Å². The van der Waals surface area contributed by atoms with Crippen LogP contribution in [0.2, 0.25) is 0 Å². The van der Waals surface area contributed by atoms with Crippen molar-refractivity contribution in [3.05, 3.63) is 46.5 Å². The Bertz CT molecular complexity index is 1490. The molecule has 2 saturated heterocycles. The maximum Gasteiger partial charge on any atom is 0.407 e. The van der Waals surface area contributed by atoms with Crippen LogP contribution in [0, 0.1) is 12.3 Å². The Morgan fingerprint density at radius 2 is 2.05 bits per heavy atom. The number of rotatable bonds is 4. The minimum Gasteiger partial charge on any atom is -0.491 e. The lowest BCUT2D eigenvalue weighted by Gasteiger charge is -2.30. The fourth-order valence-electron chi connectivity index (χ4n) is 6.00. The number of pyridine rings is 1. The van der Waals surface area contributed by atoms with Crippen LogP contribution in [-0.4, -0.2) is 67.6 Å². The van der Waals surface area contributed by atoms with Crippen molar-refractivity contribution in [2.75, 3.05) is 43.5 Å². The fraction of sp³-hybridized carbons (Fsp3) is 0.500. The summed E-state index contributed by atoms with van der Waals surface area (Å²) in [5.74, 6) is 0.607. The predicted octanol–water partition coefficient (Wildman–Crippen LogP) is 4.04. The summed E-state index contributed by atoms with van der Waals surface area (Å²) in [6.07, 6.45) is 1.14. The molecule has 0 saturated carbocycles. The number of aromatic nitrogens is 1. The van der Waals surface area contributed by atoms with Gasteiger partial charge in [0.25, 0.3) is 5.91 Å². The smallest absolute Gasteiger partial charge is 0.407 e. The second-order valence-corrected chi connectivity index (χ2v) is 13.4. The van der Waals surface area contributed by atoms with E-state index < -0.39 is 11.7 Å². The van der Waals surface area contributed by atoms with Crippen molar-refractivity contribution in [2.24, 2.45) is 5.41 Å². The van der Waals surface area contributed by atoms with Crippen LogP contribution in [0.15, 0.2) is 30.3 Å². The van der Waals surface area contributed by atoms with Gasteiger partial charge in [-0.25, -0.2) is 9.78 Å². The molecule has 0 aliphatic carbocycles. The molecule has 2 fully saturated rings. The van der Waals surface area contributed by atoms with Gasteiger partial charge in [-0.3, -0.25) is 4.79 Å². The van der Waals surface area contributed by atoms with Crippen LogP contribution in [0.25, 0.3) is 10.2 Å². The van der Waals surface area contributed by atoms with E-state index >= 15 is 0 Å². The molecule has 3 aliphatic rings. The van der Waals surface area contributed by atoms with Crippen LogP contribution in [0.5, 0.6) is 5.75 Å². The van der Waals surface area contributed by atoms with E-state index in [0.717, 1.165) is 45.9 Å². The van der Waals surface area contributed by atoms with Crippen LogP contribution in [0.4, 0.5) is 16.2 Å². The summed E-state index contributed by atoms with van der Waals surface area (Å²) >= 11 is 1.31. The van der Waals surface area contributed by atoms with Crippen molar-refractivity contribution < 1.29 is 23.8 Å². The molecule has 0 bridgehead atoms. The topological polar surface area (TPSA) is 128 Å². The zero-order chi connectivity index (χ0) is 28.9. The number of hydrogen-bond acceptors (Lipinski definition) is 9. The van der Waals surface area contributed by atoms with Crippen LogP contribution in [0.3, 0.4) is 0 Å². The Labute approximate surface area is 243 Å². The van der Waals surface area contributed by atoms with Crippen molar-refractivity contribution in [3.8, 4) is 5.75 Å². The number of nitrogens with two attached hydrogens (primary N) is 1. The Morgan fingerprint density at radius 3 is 2.80 bits per heavy atom. The maximum atomic E-state index is 13.1. The highest BCUT2D eigenvalue weighted by Gasteiger charge is 2.50. The molecule has 218 valence electrons. The summed E-state index contributed by atoms with van der Waals surface area (Å²) in [5.41, 5.74) is 8.99. The number of aryl methyl sites for hydroxylation is 1. The number of nitrogen functional groups attached to an aromatic ring is 1. The molecule has 2 amide bonds. The summed E-state index contributed by atoms with van der Waals surface area (Å²) in [7, 11) is 0. The number of alkyl carbamates (subject to hydrolysis) is 1. The number of nitrogens with zero attached hydrogens (tertiary/aromatic N) is 2. The Balaban J connectivity index is 1.13. The van der Waals surface area contributed by atoms with Crippen LogP contribution >= 0.6 is 11.3 Å². The molecule has 3 atom stereocenters. The van der Waals surface area contributed by atoms with Gasteiger partial charge in [0.15, 0.2) is 0 Å². The molecule has 0 radical (unpaired) electrons. The van der Waals surface area contributed by atoms with Gasteiger partial charge in [-0.15, -0.1) is 11.3 Å². The van der Waals surface area contributed by atoms with Crippen LogP contribution in [0.1, 0.15) is 48.1 Å². The third-order valence-corrected chi connectivity index (χ3v) is 9.18. The summed E-state index contributed by atoms with van der Waals surface area (Å²) < 4.78 is 17.5. The first kappa shape index (κ1) is 27.6. The Morgan fingerprint density at radius 1 is 1.22 bits per heavy atom. The normalized spacial score (nSPS) is 23.9. The second kappa shape index (κ2) is 10.4. The molecule has 3 aliphatic heterocycles. The van der Waals surface area contributed by atoms with E-state index in [9.17, 15) is 9.59 Å². The zero-order valence-electron chi connectivity index (χ0n) is 23.9. The van der Waals surface area contributed by atoms with Gasteiger partial charge in [-0.05, 0) is 64.3 Å². The summed E-state index contributed by atoms with van der Waals surface area (Å²) in [5, 5.41) is 7.02. The predicted molar refractivity (Wildman–Crippen MR) is 159 cm³/mol. The van der Waals surface area contributed by atoms with Crippen molar-refractivity contribution in [3.63, 3.8) is 0 Å². The highest BCUT2D eigenvalue weighted by Crippen LogP contribution is 2.42. The molecule has 2 unspecified atom stereocenters. The second-order valence-electron chi connectivity index (χ2n) is 12.4. The largest absolute Gasteiger partial charge is 0.491 e. The van der Waals surface area contributed by atoms with E-state index in [2.05, 4.69) is 38.7 Å². The number of hydrogen-bond donors (Lipinski definition) is 3. The molecule has 11 heteroatoms. The molecule has 5 heterocycles. The van der Waals surface area contributed by atoms with Gasteiger partial charge in [0.05, 0.1) is 24.4 Å². The third kappa shape index (κ3) is 5.52. The standard InChI is InChI=1S/C30H37N5O5S/c1-17-5-8-21-24(31)25(41-27(21)32-17)26(36)33-19-11-18-6-7-20(12-22(18)39-14-19)35-13-23(30(15-35)9-10-38-16-30)34-28(37)40-29(2,3)4/h5-8,12,19,23H,9-11,13-16,31H2,1-4H3,(H,33,36)(H,34,37)/t19-,23?,30?/m1/s1. The van der Waals surface area contributed by atoms with Gasteiger partial charge in [0, 0.05) is 47.9 Å². The average Bonchev–Trinajstić information content (AvgIpc) is 3.61. The van der Waals surface area contributed by atoms with Crippen LogP contribution < -0.4 is 26.0 Å². The Kier molecular flexibility index (Phi) is 6.97. The lowest BCUT2D eigenvalue weighted by atomic mass is 9.82. The number of benzene rings is 1. The van der Waals surface area contributed by atoms with Gasteiger partial charge in [0.2, 0.25) is 0 Å². The minimum atomic E-state index is -0.560. The summed E-state index contributed by atoms with van der Waals surface area (Å²) in [4.78, 5) is 33.8.